The third kappa shape index (κ3) is 11.6. The number of nitrogens with zero attached hydrogens (tertiary/aromatic N) is 2. The number of aliphatic hydroxyl groups is 5. The van der Waals surface area contributed by atoms with Gasteiger partial charge in [0.1, 0.15) is 33.9 Å². The van der Waals surface area contributed by atoms with Gasteiger partial charge < -0.3 is 39.9 Å². The SMILES string of the molecule is CS(=O)(=O)CCCN(CCCCSc1ccc(Cl)c(COC2(c3cnccc3-c3ccccc3OC3CC3)CC2)c1)C(=O)C(O)C(O)C(O)C(O)CO. The lowest BCUT2D eigenvalue weighted by Crippen LogP contribution is -2.53. The van der Waals surface area contributed by atoms with Crippen molar-refractivity contribution in [3.63, 3.8) is 0 Å². The van der Waals surface area contributed by atoms with Gasteiger partial charge in [0.2, 0.25) is 0 Å². The second-order valence-corrected chi connectivity index (χ2v) is 17.6. The molecule has 15 heteroatoms. The molecule has 2 aliphatic rings. The smallest absolute Gasteiger partial charge is 0.254 e. The Morgan fingerprint density at radius 1 is 1.02 bits per heavy atom. The van der Waals surface area contributed by atoms with Gasteiger partial charge >= 0.3 is 0 Å². The van der Waals surface area contributed by atoms with E-state index in [9.17, 15) is 33.6 Å². The van der Waals surface area contributed by atoms with Crippen LogP contribution in [0.5, 0.6) is 5.75 Å². The quantitative estimate of drug-likeness (QED) is 0.0735. The minimum absolute atomic E-state index is 0.00476. The van der Waals surface area contributed by atoms with Crippen LogP contribution in [0, 0.1) is 0 Å². The number of hydrogen-bond acceptors (Lipinski definition) is 12. The highest BCUT2D eigenvalue weighted by Crippen LogP contribution is 2.53. The number of ether oxygens (including phenoxy) is 2. The molecule has 4 unspecified atom stereocenters. The van der Waals surface area contributed by atoms with Crippen LogP contribution in [-0.2, 0) is 31.6 Å². The highest BCUT2D eigenvalue weighted by molar-refractivity contribution is 7.99. The Kier molecular flexibility index (Phi) is 14.6. The summed E-state index contributed by atoms with van der Waals surface area (Å²) < 4.78 is 36.2. The lowest BCUT2D eigenvalue weighted by molar-refractivity contribution is -0.158. The summed E-state index contributed by atoms with van der Waals surface area (Å²) in [5, 5.41) is 50.0. The molecule has 0 aliphatic heterocycles. The van der Waals surface area contributed by atoms with E-state index in [1.807, 2.05) is 48.7 Å². The van der Waals surface area contributed by atoms with Crippen LogP contribution in [0.3, 0.4) is 0 Å². The van der Waals surface area contributed by atoms with E-state index in [1.54, 1.807) is 18.0 Å². The van der Waals surface area contributed by atoms with Crippen molar-refractivity contribution < 1.29 is 48.2 Å². The molecule has 1 amide bonds. The van der Waals surface area contributed by atoms with Gasteiger partial charge in [0.05, 0.1) is 30.7 Å². The van der Waals surface area contributed by atoms with E-state index >= 15 is 0 Å². The Labute approximate surface area is 320 Å². The van der Waals surface area contributed by atoms with Crippen molar-refractivity contribution in [2.45, 2.75) is 92.6 Å². The van der Waals surface area contributed by atoms with Gasteiger partial charge in [0.25, 0.3) is 5.91 Å². The van der Waals surface area contributed by atoms with Crippen molar-refractivity contribution in [3.8, 4) is 16.9 Å². The Morgan fingerprint density at radius 2 is 1.75 bits per heavy atom. The molecule has 12 nitrogen and oxygen atoms in total. The van der Waals surface area contributed by atoms with E-state index in [2.05, 4.69) is 11.1 Å². The van der Waals surface area contributed by atoms with Gasteiger partial charge in [-0.1, -0.05) is 29.8 Å². The highest BCUT2D eigenvalue weighted by atomic mass is 35.5. The number of aromatic nitrogens is 1. The number of aliphatic hydroxyl groups excluding tert-OH is 5. The van der Waals surface area contributed by atoms with E-state index in [4.69, 9.17) is 26.2 Å². The van der Waals surface area contributed by atoms with E-state index in [-0.39, 0.29) is 31.4 Å². The summed E-state index contributed by atoms with van der Waals surface area (Å²) >= 11 is 8.24. The normalized spacial score (nSPS) is 17.5. The van der Waals surface area contributed by atoms with Crippen LogP contribution in [0.2, 0.25) is 5.02 Å². The summed E-state index contributed by atoms with van der Waals surface area (Å²) in [5.41, 5.74) is 3.47. The number of thioether (sulfide) groups is 1. The number of hydrogen-bond donors (Lipinski definition) is 5. The fourth-order valence-electron chi connectivity index (χ4n) is 6.02. The Hall–Kier alpha value is -2.79. The number of amides is 1. The number of halogens is 1. The van der Waals surface area contributed by atoms with Gasteiger partial charge in [-0.25, -0.2) is 8.42 Å². The van der Waals surface area contributed by atoms with Crippen LogP contribution in [0.25, 0.3) is 11.1 Å². The van der Waals surface area contributed by atoms with E-state index in [0.717, 1.165) is 64.8 Å². The fourth-order valence-corrected chi connectivity index (χ4v) is 7.82. The minimum atomic E-state index is -3.30. The lowest BCUT2D eigenvalue weighted by Gasteiger charge is -2.30. The van der Waals surface area contributed by atoms with E-state index in [1.165, 1.54) is 4.90 Å². The van der Waals surface area contributed by atoms with Crippen molar-refractivity contribution >= 4 is 39.1 Å². The zero-order valence-corrected chi connectivity index (χ0v) is 32.1. The molecule has 0 spiro atoms. The second-order valence-electron chi connectivity index (χ2n) is 13.8. The molecule has 2 fully saturated rings. The first-order valence-corrected chi connectivity index (χ1v) is 21.3. The zero-order valence-electron chi connectivity index (χ0n) is 29.7. The number of unbranched alkanes of at least 4 members (excludes halogenated alkanes) is 1. The molecule has 1 heterocycles. The highest BCUT2D eigenvalue weighted by Gasteiger charge is 2.48. The van der Waals surface area contributed by atoms with E-state index < -0.39 is 52.4 Å². The van der Waals surface area contributed by atoms with Crippen LogP contribution in [0.15, 0.2) is 65.8 Å². The van der Waals surface area contributed by atoms with Gasteiger partial charge in [-0.15, -0.1) is 11.8 Å². The molecule has 53 heavy (non-hydrogen) atoms. The Bertz CT molecular complexity index is 1790. The fraction of sp³-hybridized carbons (Fsp3) is 0.526. The van der Waals surface area contributed by atoms with Crippen molar-refractivity contribution in [1.82, 2.24) is 9.88 Å². The summed E-state index contributed by atoms with van der Waals surface area (Å²) in [5.74, 6) is 0.468. The molecule has 5 rings (SSSR count). The summed E-state index contributed by atoms with van der Waals surface area (Å²) in [6, 6.07) is 15.9. The maximum atomic E-state index is 13.1. The maximum Gasteiger partial charge on any atom is 0.254 e. The number of para-hydroxylation sites is 1. The molecule has 2 aromatic carbocycles. The van der Waals surface area contributed by atoms with Crippen molar-refractivity contribution in [2.24, 2.45) is 0 Å². The maximum absolute atomic E-state index is 13.1. The molecular weight excluding hydrogens is 744 g/mol. The molecule has 0 radical (unpaired) electrons. The minimum Gasteiger partial charge on any atom is -0.490 e. The predicted molar refractivity (Wildman–Crippen MR) is 202 cm³/mol. The van der Waals surface area contributed by atoms with Crippen LogP contribution in [0.4, 0.5) is 0 Å². The summed E-state index contributed by atoms with van der Waals surface area (Å²) in [7, 11) is -3.30. The number of rotatable bonds is 22. The summed E-state index contributed by atoms with van der Waals surface area (Å²) in [6.45, 7) is -0.397. The topological polar surface area (TPSA) is 187 Å². The molecule has 290 valence electrons. The van der Waals surface area contributed by atoms with Crippen LogP contribution >= 0.6 is 23.4 Å². The molecule has 3 aromatic rings. The molecular formula is C38H49ClN2O10S2. The third-order valence-electron chi connectivity index (χ3n) is 9.39. The number of carbonyl (C=O) groups is 1. The van der Waals surface area contributed by atoms with Gasteiger partial charge in [-0.3, -0.25) is 9.78 Å². The van der Waals surface area contributed by atoms with Crippen LogP contribution in [-0.4, -0.2) is 118 Å². The Morgan fingerprint density at radius 3 is 2.45 bits per heavy atom. The molecule has 2 aliphatic carbocycles. The number of sulfone groups is 1. The third-order valence-corrected chi connectivity index (χ3v) is 11.9. The first kappa shape index (κ1) is 41.4. The molecule has 5 N–H and O–H groups in total. The molecule has 4 atom stereocenters. The zero-order chi connectivity index (χ0) is 38.2. The summed E-state index contributed by atoms with van der Waals surface area (Å²) in [6.07, 6.45) is 2.34. The van der Waals surface area contributed by atoms with Gasteiger partial charge in [-0.05, 0) is 92.2 Å². The molecule has 1 aromatic heterocycles. The monoisotopic (exact) mass is 792 g/mol. The molecule has 2 saturated carbocycles. The number of carbonyl (C=O) groups excluding carboxylic acids is 1. The lowest BCUT2D eigenvalue weighted by atomic mass is 9.96. The second kappa shape index (κ2) is 18.7. The summed E-state index contributed by atoms with van der Waals surface area (Å²) in [4.78, 5) is 19.7. The van der Waals surface area contributed by atoms with Crippen molar-refractivity contribution in [1.29, 1.82) is 0 Å². The first-order valence-electron chi connectivity index (χ1n) is 17.9. The Balaban J connectivity index is 1.16. The number of benzene rings is 2. The van der Waals surface area contributed by atoms with Crippen molar-refractivity contribution in [2.75, 3.05) is 37.5 Å². The standard InChI is InChI=1S/C38H49ClN2O10S2/c1-53(48,49)20-6-18-41(37(47)36(46)35(45)34(44)32(43)23-42)17-4-5-19-52-27-11-12-31(39)25(21-27)24-50-38(14-15-38)30-22-40-16-13-28(30)29-7-2-3-8-33(29)51-26-9-10-26/h2-3,7-8,11-13,16,21-22,26,32,34-36,42-46H,4-6,9-10,14-15,17-20,23-24H2,1H3. The number of pyridine rings is 1. The van der Waals surface area contributed by atoms with Gasteiger partial charge in [-0.2, -0.15) is 0 Å². The van der Waals surface area contributed by atoms with Crippen LogP contribution in [0.1, 0.15) is 56.1 Å². The van der Waals surface area contributed by atoms with Gasteiger partial charge in [0.15, 0.2) is 6.10 Å². The van der Waals surface area contributed by atoms with Crippen molar-refractivity contribution in [3.05, 3.63) is 77.1 Å². The average Bonchev–Trinajstić information content (AvgIpc) is 4.10. The van der Waals surface area contributed by atoms with Crippen LogP contribution < -0.4 is 4.74 Å². The largest absolute Gasteiger partial charge is 0.490 e. The predicted octanol–water partition coefficient (Wildman–Crippen LogP) is 3.72. The molecule has 0 bridgehead atoms. The average molecular weight is 793 g/mol. The van der Waals surface area contributed by atoms with Gasteiger partial charge in [0, 0.05) is 52.8 Å². The molecule has 0 saturated heterocycles. The first-order chi connectivity index (χ1) is 25.3. The van der Waals surface area contributed by atoms with E-state index in [0.29, 0.717) is 30.2 Å².